The minimum Gasteiger partial charge on any atom is -0.355 e. The van der Waals surface area contributed by atoms with Gasteiger partial charge in [-0.05, 0) is 75.1 Å². The van der Waals surface area contributed by atoms with E-state index in [1.54, 1.807) is 0 Å². The first-order valence-electron chi connectivity index (χ1n) is 26.9. The highest BCUT2D eigenvalue weighted by molar-refractivity contribution is 6.25. The highest BCUT2D eigenvalue weighted by Crippen LogP contribution is 2.48. The van der Waals surface area contributed by atoms with Gasteiger partial charge in [0.25, 0.3) is 0 Å². The zero-order valence-corrected chi connectivity index (χ0v) is 42.6. The molecule has 0 atom stereocenters. The Kier molecular flexibility index (Phi) is 9.32. The molecule has 6 nitrogen and oxygen atoms in total. The summed E-state index contributed by atoms with van der Waals surface area (Å²) in [5.74, 6) is 1.90. The van der Waals surface area contributed by atoms with Gasteiger partial charge in [-0.1, -0.05) is 218 Å². The number of benzene rings is 13. The highest BCUT2D eigenvalue weighted by Gasteiger charge is 2.26. The largest absolute Gasteiger partial charge is 0.355 e. The lowest BCUT2D eigenvalue weighted by Crippen LogP contribution is -2.03. The second-order valence-corrected chi connectivity index (χ2v) is 20.7. The number of H-pyrrole nitrogens is 1. The minimum absolute atomic E-state index is 0.631. The zero-order valence-electron chi connectivity index (χ0n) is 42.6. The lowest BCUT2D eigenvalue weighted by atomic mass is 9.90. The number of fused-ring (bicyclic) bond motifs is 13. The van der Waals surface area contributed by atoms with Crippen molar-refractivity contribution >= 4 is 109 Å². The van der Waals surface area contributed by atoms with Crippen molar-refractivity contribution in [1.82, 2.24) is 29.1 Å². The van der Waals surface area contributed by atoms with Gasteiger partial charge >= 0.3 is 0 Å². The van der Waals surface area contributed by atoms with E-state index in [1.165, 1.54) is 70.7 Å². The SMILES string of the molecule is c1ccc(-c2nc(-c3ccccc3)nc(-c3c4ccccc4c(-n4c5ccccc5c5cc6c(cc54)c4ccccc4n6-c4c5ccccc5c(-c5ccc6[nH]c7ccccc7c6c5)c5ccccc45)c4ccccc34)n2)cc1. The van der Waals surface area contributed by atoms with Gasteiger partial charge in [-0.25, -0.2) is 15.0 Å². The Morgan fingerprint density at radius 1 is 0.228 bits per heavy atom. The molecule has 0 saturated carbocycles. The van der Waals surface area contributed by atoms with Crippen LogP contribution in [0.5, 0.6) is 0 Å². The maximum Gasteiger partial charge on any atom is 0.165 e. The number of para-hydroxylation sites is 3. The number of hydrogen-bond donors (Lipinski definition) is 1. The van der Waals surface area contributed by atoms with E-state index in [0.29, 0.717) is 17.5 Å². The molecule has 17 aromatic rings. The van der Waals surface area contributed by atoms with Crippen LogP contribution in [-0.2, 0) is 0 Å². The van der Waals surface area contributed by atoms with E-state index in [-0.39, 0.29) is 0 Å². The summed E-state index contributed by atoms with van der Waals surface area (Å²) in [5, 5.41) is 16.4. The van der Waals surface area contributed by atoms with Crippen LogP contribution in [0, 0.1) is 0 Å². The van der Waals surface area contributed by atoms with Gasteiger partial charge in [0, 0.05) is 81.6 Å². The summed E-state index contributed by atoms with van der Waals surface area (Å²) >= 11 is 0. The fourth-order valence-electron chi connectivity index (χ4n) is 13.1. The topological polar surface area (TPSA) is 64.3 Å². The molecule has 6 heteroatoms. The smallest absolute Gasteiger partial charge is 0.165 e. The molecule has 13 aromatic carbocycles. The normalized spacial score (nSPS) is 12.1. The van der Waals surface area contributed by atoms with E-state index in [9.17, 15) is 0 Å². The Labute approximate surface area is 452 Å². The summed E-state index contributed by atoms with van der Waals surface area (Å²) in [6, 6.07) is 94.3. The van der Waals surface area contributed by atoms with Crippen molar-refractivity contribution in [3.63, 3.8) is 0 Å². The standard InChI is InChI=1S/C73H44N6/c1-3-21-44(22-4-1)71-75-72(45-23-5-2-6-24-45)77-73(76-71)68-52-30-9-13-34-56(52)70(57-35-14-10-31-53(57)68)79-64-38-20-17-27-49(64)60-42-65-59(43-66(60)79)48-26-16-19-37-63(48)78(65)69-54-32-11-7-28-50(54)67(51-29-8-12-33-55(51)69)46-39-40-62-58(41-46)47-25-15-18-36-61(47)74-62/h1-43,74H. The van der Waals surface area contributed by atoms with Crippen LogP contribution >= 0.6 is 0 Å². The highest BCUT2D eigenvalue weighted by atomic mass is 15.0. The Hall–Kier alpha value is -10.7. The number of aromatic nitrogens is 6. The molecule has 0 spiro atoms. The molecule has 0 radical (unpaired) electrons. The van der Waals surface area contributed by atoms with Gasteiger partial charge in [0.05, 0.1) is 33.4 Å². The van der Waals surface area contributed by atoms with Gasteiger partial charge in [-0.2, -0.15) is 0 Å². The Morgan fingerprint density at radius 2 is 0.595 bits per heavy atom. The van der Waals surface area contributed by atoms with Crippen LogP contribution in [0.2, 0.25) is 0 Å². The van der Waals surface area contributed by atoms with Crippen molar-refractivity contribution in [3.05, 3.63) is 261 Å². The average molecular weight is 1010 g/mol. The van der Waals surface area contributed by atoms with E-state index in [2.05, 4.69) is 239 Å². The van der Waals surface area contributed by atoms with Gasteiger partial charge in [-0.15, -0.1) is 0 Å². The minimum atomic E-state index is 0.631. The lowest BCUT2D eigenvalue weighted by molar-refractivity contribution is 1.08. The Balaban J connectivity index is 0.942. The molecule has 79 heavy (non-hydrogen) atoms. The van der Waals surface area contributed by atoms with E-state index in [0.717, 1.165) is 77.0 Å². The van der Waals surface area contributed by atoms with Crippen LogP contribution in [0.25, 0.3) is 165 Å². The quantitative estimate of drug-likeness (QED) is 0.169. The molecule has 1 N–H and O–H groups in total. The fourth-order valence-corrected chi connectivity index (χ4v) is 13.1. The van der Waals surface area contributed by atoms with Gasteiger partial charge in [-0.3, -0.25) is 0 Å². The molecule has 0 aliphatic heterocycles. The predicted octanol–water partition coefficient (Wildman–Crippen LogP) is 19.0. The predicted molar refractivity (Wildman–Crippen MR) is 330 cm³/mol. The first kappa shape index (κ1) is 43.5. The first-order valence-corrected chi connectivity index (χ1v) is 26.9. The monoisotopic (exact) mass is 1000 g/mol. The van der Waals surface area contributed by atoms with Gasteiger partial charge in [0.1, 0.15) is 0 Å². The van der Waals surface area contributed by atoms with E-state index < -0.39 is 0 Å². The molecule has 4 aromatic heterocycles. The van der Waals surface area contributed by atoms with Crippen LogP contribution in [-0.4, -0.2) is 29.1 Å². The Bertz CT molecular complexity index is 5210. The molecule has 0 aliphatic carbocycles. The summed E-state index contributed by atoms with van der Waals surface area (Å²) in [4.78, 5) is 19.4. The molecule has 4 heterocycles. The van der Waals surface area contributed by atoms with Crippen molar-refractivity contribution in [1.29, 1.82) is 0 Å². The fraction of sp³-hybridized carbons (Fsp3) is 0. The number of nitrogens with zero attached hydrogens (tertiary/aromatic N) is 5. The average Bonchev–Trinajstić information content (AvgIpc) is 4.07. The van der Waals surface area contributed by atoms with Gasteiger partial charge in [0.2, 0.25) is 0 Å². The lowest BCUT2D eigenvalue weighted by Gasteiger charge is -2.20. The van der Waals surface area contributed by atoms with E-state index in [4.69, 9.17) is 15.0 Å². The van der Waals surface area contributed by atoms with Crippen molar-refractivity contribution < 1.29 is 0 Å². The van der Waals surface area contributed by atoms with Crippen molar-refractivity contribution in [2.24, 2.45) is 0 Å². The van der Waals surface area contributed by atoms with Crippen LogP contribution in [0.4, 0.5) is 0 Å². The third-order valence-electron chi connectivity index (χ3n) is 16.4. The van der Waals surface area contributed by atoms with Crippen LogP contribution in [0.1, 0.15) is 0 Å². The molecule has 17 rings (SSSR count). The molecule has 0 fully saturated rings. The first-order chi connectivity index (χ1) is 39.2. The van der Waals surface area contributed by atoms with Crippen LogP contribution < -0.4 is 0 Å². The van der Waals surface area contributed by atoms with Gasteiger partial charge < -0.3 is 14.1 Å². The van der Waals surface area contributed by atoms with Crippen molar-refractivity contribution in [2.75, 3.05) is 0 Å². The third kappa shape index (κ3) is 6.43. The van der Waals surface area contributed by atoms with Crippen molar-refractivity contribution in [2.45, 2.75) is 0 Å². The van der Waals surface area contributed by atoms with Crippen LogP contribution in [0.3, 0.4) is 0 Å². The van der Waals surface area contributed by atoms with Gasteiger partial charge in [0.15, 0.2) is 17.5 Å². The summed E-state index contributed by atoms with van der Waals surface area (Å²) in [6.45, 7) is 0. The van der Waals surface area contributed by atoms with E-state index in [1.807, 2.05) is 36.4 Å². The summed E-state index contributed by atoms with van der Waals surface area (Å²) < 4.78 is 5.07. The molecule has 0 aliphatic rings. The van der Waals surface area contributed by atoms with E-state index >= 15 is 0 Å². The summed E-state index contributed by atoms with van der Waals surface area (Å²) in [6.07, 6.45) is 0. The van der Waals surface area contributed by atoms with Crippen molar-refractivity contribution in [3.8, 4) is 56.7 Å². The third-order valence-corrected chi connectivity index (χ3v) is 16.4. The molecule has 366 valence electrons. The Morgan fingerprint density at radius 3 is 1.08 bits per heavy atom. The molecular formula is C73H44N6. The second kappa shape index (κ2) is 16.9. The molecule has 0 bridgehead atoms. The molecule has 0 saturated heterocycles. The maximum atomic E-state index is 5.33. The number of aromatic amines is 1. The number of hydrogen-bond acceptors (Lipinski definition) is 3. The number of rotatable bonds is 6. The van der Waals surface area contributed by atoms with Crippen LogP contribution in [0.15, 0.2) is 261 Å². The molecule has 0 unspecified atom stereocenters. The summed E-state index contributed by atoms with van der Waals surface area (Å²) in [7, 11) is 0. The zero-order chi connectivity index (χ0) is 51.7. The molecular weight excluding hydrogens is 961 g/mol. The summed E-state index contributed by atoms with van der Waals surface area (Å²) in [5.41, 5.74) is 14.4. The molecule has 0 amide bonds. The second-order valence-electron chi connectivity index (χ2n) is 20.7. The maximum absolute atomic E-state index is 5.33. The number of nitrogens with one attached hydrogen (secondary N) is 1.